The summed E-state index contributed by atoms with van der Waals surface area (Å²) in [4.78, 5) is 16.5. The number of benzene rings is 2. The van der Waals surface area contributed by atoms with Crippen LogP contribution in [-0.4, -0.2) is 31.0 Å². The minimum Gasteiger partial charge on any atom is -0.478 e. The third-order valence-corrected chi connectivity index (χ3v) is 5.96. The van der Waals surface area contributed by atoms with Gasteiger partial charge in [0.05, 0.1) is 24.8 Å². The van der Waals surface area contributed by atoms with E-state index in [-0.39, 0.29) is 18.7 Å². The molecule has 1 unspecified atom stereocenters. The molecule has 3 aromatic rings. The number of carbonyl (C=O) groups excluding carboxylic acids is 1. The molecule has 0 bridgehead atoms. The van der Waals surface area contributed by atoms with E-state index in [2.05, 4.69) is 0 Å². The van der Waals surface area contributed by atoms with Crippen molar-refractivity contribution in [2.24, 2.45) is 5.92 Å². The van der Waals surface area contributed by atoms with Crippen LogP contribution < -0.4 is 14.2 Å². The van der Waals surface area contributed by atoms with Gasteiger partial charge >= 0.3 is 5.97 Å². The lowest BCUT2D eigenvalue weighted by Crippen LogP contribution is -2.14. The first-order valence-corrected chi connectivity index (χ1v) is 11.9. The zero-order valence-corrected chi connectivity index (χ0v) is 20.1. The topological polar surface area (TPSA) is 66.9 Å². The van der Waals surface area contributed by atoms with Gasteiger partial charge in [0.1, 0.15) is 0 Å². The molecule has 6 nitrogen and oxygen atoms in total. The molecule has 0 fully saturated rings. The Bertz CT molecular complexity index is 1150. The first kappa shape index (κ1) is 23.9. The van der Waals surface area contributed by atoms with Crippen LogP contribution in [0.2, 0.25) is 5.02 Å². The third kappa shape index (κ3) is 5.81. The van der Waals surface area contributed by atoms with E-state index in [0.29, 0.717) is 29.9 Å². The van der Waals surface area contributed by atoms with Crippen LogP contribution in [0.1, 0.15) is 33.1 Å². The highest BCUT2D eigenvalue weighted by molar-refractivity contribution is 6.33. The average molecular weight is 482 g/mol. The number of unbranched alkanes of at least 4 members (excludes halogenated alkanes) is 1. The maximum atomic E-state index is 11.8. The maximum absolute atomic E-state index is 11.8. The van der Waals surface area contributed by atoms with Crippen LogP contribution in [0.15, 0.2) is 54.6 Å². The van der Waals surface area contributed by atoms with Gasteiger partial charge in [-0.05, 0) is 61.6 Å². The largest absolute Gasteiger partial charge is 0.478 e. The van der Waals surface area contributed by atoms with E-state index < -0.39 is 0 Å². The predicted octanol–water partition coefficient (Wildman–Crippen LogP) is 6.55. The zero-order valence-electron chi connectivity index (χ0n) is 19.4. The number of esters is 1. The number of carbonyl (C=O) groups is 1. The third-order valence-electron chi connectivity index (χ3n) is 5.63. The minimum atomic E-state index is -0.147. The number of hydrogen-bond donors (Lipinski definition) is 0. The summed E-state index contributed by atoms with van der Waals surface area (Å²) in [5.74, 6) is 1.71. The highest BCUT2D eigenvalue weighted by Gasteiger charge is 2.16. The Labute approximate surface area is 204 Å². The van der Waals surface area contributed by atoms with Crippen molar-refractivity contribution in [3.63, 3.8) is 0 Å². The van der Waals surface area contributed by atoms with Gasteiger partial charge in [0.25, 0.3) is 0 Å². The molecule has 0 amide bonds. The lowest BCUT2D eigenvalue weighted by atomic mass is 10.0. The number of halogens is 1. The second-order valence-electron chi connectivity index (χ2n) is 8.12. The molecule has 4 rings (SSSR count). The van der Waals surface area contributed by atoms with Crippen molar-refractivity contribution in [1.82, 2.24) is 4.98 Å². The van der Waals surface area contributed by atoms with Crippen LogP contribution in [0.5, 0.6) is 17.4 Å². The van der Waals surface area contributed by atoms with Crippen molar-refractivity contribution in [2.75, 3.05) is 20.0 Å². The van der Waals surface area contributed by atoms with Gasteiger partial charge in [-0.25, -0.2) is 4.98 Å². The van der Waals surface area contributed by atoms with Crippen LogP contribution in [0, 0.1) is 5.92 Å². The molecule has 0 saturated heterocycles. The second-order valence-corrected chi connectivity index (χ2v) is 8.53. The van der Waals surface area contributed by atoms with Crippen LogP contribution >= 0.6 is 11.6 Å². The molecule has 0 saturated carbocycles. The smallest absolute Gasteiger partial charge is 0.308 e. The van der Waals surface area contributed by atoms with Crippen LogP contribution in [0.25, 0.3) is 22.4 Å². The van der Waals surface area contributed by atoms with E-state index in [0.717, 1.165) is 47.4 Å². The molecule has 0 aliphatic carbocycles. The Morgan fingerprint density at radius 2 is 1.88 bits per heavy atom. The number of fused-ring (bicyclic) bond motifs is 1. The maximum Gasteiger partial charge on any atom is 0.308 e. The number of hydrogen-bond acceptors (Lipinski definition) is 6. The Morgan fingerprint density at radius 3 is 2.71 bits per heavy atom. The van der Waals surface area contributed by atoms with Crippen LogP contribution in [0.4, 0.5) is 0 Å². The molecule has 0 N–H and O–H groups in total. The summed E-state index contributed by atoms with van der Waals surface area (Å²) in [5, 5.41) is 0.622. The summed E-state index contributed by atoms with van der Waals surface area (Å²) in [6.45, 7) is 4.84. The lowest BCUT2D eigenvalue weighted by molar-refractivity contribution is -0.147. The minimum absolute atomic E-state index is 0.112. The van der Waals surface area contributed by atoms with Gasteiger partial charge in [-0.15, -0.1) is 0 Å². The summed E-state index contributed by atoms with van der Waals surface area (Å²) in [6.07, 6.45) is 2.43. The van der Waals surface area contributed by atoms with Gasteiger partial charge in [0.15, 0.2) is 11.5 Å². The number of aromatic nitrogens is 1. The summed E-state index contributed by atoms with van der Waals surface area (Å²) < 4.78 is 22.1. The lowest BCUT2D eigenvalue weighted by Gasteiger charge is -2.13. The molecule has 1 aromatic heterocycles. The Balaban J connectivity index is 1.50. The van der Waals surface area contributed by atoms with E-state index >= 15 is 0 Å². The van der Waals surface area contributed by atoms with E-state index in [1.807, 2.05) is 68.4 Å². The summed E-state index contributed by atoms with van der Waals surface area (Å²) in [6, 6.07) is 17.4. The molecule has 178 valence electrons. The van der Waals surface area contributed by atoms with Crippen molar-refractivity contribution < 1.29 is 23.7 Å². The van der Waals surface area contributed by atoms with E-state index in [4.69, 9.17) is 35.5 Å². The second kappa shape index (κ2) is 11.3. The highest BCUT2D eigenvalue weighted by atomic mass is 35.5. The highest BCUT2D eigenvalue weighted by Crippen LogP contribution is 2.38. The van der Waals surface area contributed by atoms with Crippen LogP contribution in [-0.2, 0) is 9.53 Å². The van der Waals surface area contributed by atoms with Gasteiger partial charge < -0.3 is 18.9 Å². The molecule has 1 aliphatic rings. The molecular formula is C27H28ClNO5. The zero-order chi connectivity index (χ0) is 23.9. The molecule has 1 atom stereocenters. The quantitative estimate of drug-likeness (QED) is 0.242. The van der Waals surface area contributed by atoms with E-state index in [1.54, 1.807) is 0 Å². The van der Waals surface area contributed by atoms with E-state index in [9.17, 15) is 4.79 Å². The summed E-state index contributed by atoms with van der Waals surface area (Å²) >= 11 is 6.45. The first-order chi connectivity index (χ1) is 16.5. The number of ether oxygens (including phenoxy) is 4. The van der Waals surface area contributed by atoms with Crippen LogP contribution in [0.3, 0.4) is 0 Å². The normalized spacial score (nSPS) is 12.9. The van der Waals surface area contributed by atoms with Gasteiger partial charge in [-0.3, -0.25) is 4.79 Å². The molecule has 0 radical (unpaired) electrons. The first-order valence-electron chi connectivity index (χ1n) is 11.5. The van der Waals surface area contributed by atoms with E-state index in [1.165, 1.54) is 0 Å². The summed E-state index contributed by atoms with van der Waals surface area (Å²) in [7, 11) is 0. The van der Waals surface area contributed by atoms with Gasteiger partial charge in [0.2, 0.25) is 12.7 Å². The van der Waals surface area contributed by atoms with Gasteiger partial charge in [0, 0.05) is 16.7 Å². The van der Waals surface area contributed by atoms with Gasteiger partial charge in [-0.1, -0.05) is 42.8 Å². The monoisotopic (exact) mass is 481 g/mol. The number of pyridine rings is 1. The predicted molar refractivity (Wildman–Crippen MR) is 131 cm³/mol. The Hall–Kier alpha value is -3.25. The molecule has 0 spiro atoms. The molecule has 2 heterocycles. The molecule has 2 aromatic carbocycles. The van der Waals surface area contributed by atoms with Crippen molar-refractivity contribution in [3.05, 3.63) is 59.6 Å². The van der Waals surface area contributed by atoms with Crippen molar-refractivity contribution >= 4 is 17.6 Å². The molecule has 1 aliphatic heterocycles. The van der Waals surface area contributed by atoms with Gasteiger partial charge in [-0.2, -0.15) is 0 Å². The van der Waals surface area contributed by atoms with Crippen molar-refractivity contribution in [1.29, 1.82) is 0 Å². The fourth-order valence-corrected chi connectivity index (χ4v) is 3.99. The Kier molecular flexibility index (Phi) is 7.91. The van der Waals surface area contributed by atoms with Crippen molar-refractivity contribution in [2.45, 2.75) is 33.1 Å². The number of rotatable bonds is 10. The average Bonchev–Trinajstić information content (AvgIpc) is 3.32. The summed E-state index contributed by atoms with van der Waals surface area (Å²) in [5.41, 5.74) is 3.47. The molecule has 34 heavy (non-hydrogen) atoms. The fourth-order valence-electron chi connectivity index (χ4n) is 3.76. The molecular weight excluding hydrogens is 454 g/mol. The fraction of sp³-hybridized carbons (Fsp3) is 0.333. The standard InChI is InChI=1S/C27H28ClNO5/c1-3-31-27(30)18(2)8-6-7-13-32-26-16-20(19-11-12-24-25(15-19)34-17-33-24)14-23(29-26)21-9-4-5-10-22(21)28/h4-5,9-12,14-16,18H,3,6-8,13,17H2,1-2H3. The molecule has 7 heteroatoms. The number of nitrogens with zero attached hydrogens (tertiary/aromatic N) is 1. The van der Waals surface area contributed by atoms with Crippen molar-refractivity contribution in [3.8, 4) is 39.8 Å². The Morgan fingerprint density at radius 1 is 1.06 bits per heavy atom. The SMILES string of the molecule is CCOC(=O)C(C)CCCCOc1cc(-c2ccc3c(c2)OCO3)cc(-c2ccccc2Cl)n1.